The molecule has 0 radical (unpaired) electrons. The van der Waals surface area contributed by atoms with Crippen molar-refractivity contribution >= 4 is 11.9 Å². The number of carbonyl (C=O) groups excluding carboxylic acids is 1. The molecule has 1 aromatic rings. The van der Waals surface area contributed by atoms with E-state index < -0.39 is 18.4 Å². The molecule has 1 rings (SSSR count). The Morgan fingerprint density at radius 3 is 2.42 bits per heavy atom. The van der Waals surface area contributed by atoms with Gasteiger partial charge in [-0.1, -0.05) is 12.1 Å². The van der Waals surface area contributed by atoms with Crippen molar-refractivity contribution in [1.82, 2.24) is 16.0 Å². The zero-order chi connectivity index (χ0) is 18.0. The van der Waals surface area contributed by atoms with Crippen molar-refractivity contribution in [3.63, 3.8) is 0 Å². The lowest BCUT2D eigenvalue weighted by Gasteiger charge is -2.13. The van der Waals surface area contributed by atoms with Crippen LogP contribution in [0.3, 0.4) is 0 Å². The predicted molar refractivity (Wildman–Crippen MR) is 83.2 cm³/mol. The second-order valence-corrected chi connectivity index (χ2v) is 4.95. The van der Waals surface area contributed by atoms with Crippen LogP contribution in [0.1, 0.15) is 12.0 Å². The Kier molecular flexibility index (Phi) is 8.00. The largest absolute Gasteiger partial charge is 0.390 e. The summed E-state index contributed by atoms with van der Waals surface area (Å²) in [6.45, 7) is 0.268. The number of nitrogens with one attached hydrogen (secondary N) is 3. The fourth-order valence-electron chi connectivity index (χ4n) is 1.82. The van der Waals surface area contributed by atoms with Gasteiger partial charge in [-0.3, -0.25) is 9.79 Å². The Balaban J connectivity index is 2.20. The molecule has 1 amide bonds. The van der Waals surface area contributed by atoms with E-state index in [9.17, 15) is 22.4 Å². The lowest BCUT2D eigenvalue weighted by molar-refractivity contribution is -0.132. The van der Waals surface area contributed by atoms with Crippen molar-refractivity contribution in [3.8, 4) is 0 Å². The van der Waals surface area contributed by atoms with Gasteiger partial charge in [-0.2, -0.15) is 13.2 Å². The van der Waals surface area contributed by atoms with Crippen molar-refractivity contribution in [2.45, 2.75) is 19.0 Å². The van der Waals surface area contributed by atoms with Gasteiger partial charge in [0, 0.05) is 26.7 Å². The van der Waals surface area contributed by atoms with Crippen molar-refractivity contribution in [2.75, 3.05) is 26.7 Å². The average molecular weight is 348 g/mol. The highest BCUT2D eigenvalue weighted by Crippen LogP contribution is 2.17. The second kappa shape index (κ2) is 9.74. The van der Waals surface area contributed by atoms with Crippen molar-refractivity contribution in [2.24, 2.45) is 4.99 Å². The van der Waals surface area contributed by atoms with E-state index in [4.69, 9.17) is 0 Å². The van der Waals surface area contributed by atoms with Gasteiger partial charge in [0.05, 0.1) is 12.8 Å². The number of rotatable bonds is 7. The van der Waals surface area contributed by atoms with Crippen LogP contribution in [0.25, 0.3) is 0 Å². The number of alkyl halides is 3. The molecule has 0 spiro atoms. The topological polar surface area (TPSA) is 65.5 Å². The third-order valence-corrected chi connectivity index (χ3v) is 2.92. The van der Waals surface area contributed by atoms with Crippen LogP contribution >= 0.6 is 0 Å². The predicted octanol–water partition coefficient (Wildman–Crippen LogP) is 1.60. The van der Waals surface area contributed by atoms with Gasteiger partial charge in [-0.15, -0.1) is 0 Å². The molecule has 0 unspecified atom stereocenters. The van der Waals surface area contributed by atoms with E-state index in [-0.39, 0.29) is 31.4 Å². The Morgan fingerprint density at radius 2 is 1.79 bits per heavy atom. The fourth-order valence-corrected chi connectivity index (χ4v) is 1.82. The van der Waals surface area contributed by atoms with Crippen molar-refractivity contribution in [1.29, 1.82) is 0 Å². The van der Waals surface area contributed by atoms with Gasteiger partial charge in [0.15, 0.2) is 5.96 Å². The number of nitrogens with zero attached hydrogens (tertiary/aromatic N) is 1. The highest BCUT2D eigenvalue weighted by molar-refractivity contribution is 5.80. The van der Waals surface area contributed by atoms with Crippen LogP contribution in [-0.4, -0.2) is 44.7 Å². The molecule has 0 atom stereocenters. The van der Waals surface area contributed by atoms with Gasteiger partial charge >= 0.3 is 6.18 Å². The summed E-state index contributed by atoms with van der Waals surface area (Å²) in [5.41, 5.74) is 0.560. The third kappa shape index (κ3) is 8.96. The highest BCUT2D eigenvalue weighted by Gasteiger charge is 2.26. The van der Waals surface area contributed by atoms with Crippen LogP contribution in [0.2, 0.25) is 0 Å². The molecule has 0 fully saturated rings. The lowest BCUT2D eigenvalue weighted by atomic mass is 10.1. The van der Waals surface area contributed by atoms with Gasteiger partial charge in [0.1, 0.15) is 5.82 Å². The Hall–Kier alpha value is -2.32. The van der Waals surface area contributed by atoms with E-state index in [2.05, 4.69) is 20.9 Å². The number of guanidine groups is 1. The summed E-state index contributed by atoms with van der Waals surface area (Å²) in [5, 5.41) is 7.93. The molecule has 1 aromatic carbocycles. The monoisotopic (exact) mass is 348 g/mol. The molecule has 0 saturated carbocycles. The first-order valence-corrected chi connectivity index (χ1v) is 7.32. The summed E-state index contributed by atoms with van der Waals surface area (Å²) < 4.78 is 49.1. The quantitative estimate of drug-likeness (QED) is 0.304. The summed E-state index contributed by atoms with van der Waals surface area (Å²) in [5.74, 6) is -0.461. The van der Waals surface area contributed by atoms with Crippen LogP contribution in [0.15, 0.2) is 29.3 Å². The second-order valence-electron chi connectivity index (χ2n) is 4.95. The molecule has 0 aliphatic heterocycles. The lowest BCUT2D eigenvalue weighted by Crippen LogP contribution is -2.42. The molecule has 5 nitrogen and oxygen atoms in total. The summed E-state index contributed by atoms with van der Waals surface area (Å²) in [6, 6.07) is 5.75. The van der Waals surface area contributed by atoms with E-state index in [0.717, 1.165) is 0 Å². The number of aliphatic imine (C=N–C) groups is 1. The molecular formula is C15H20F4N4O. The van der Waals surface area contributed by atoms with Crippen LogP contribution in [-0.2, 0) is 11.2 Å². The molecule has 0 heterocycles. The van der Waals surface area contributed by atoms with E-state index in [1.54, 1.807) is 6.07 Å². The molecule has 0 bridgehead atoms. The van der Waals surface area contributed by atoms with Crippen LogP contribution < -0.4 is 16.0 Å². The average Bonchev–Trinajstić information content (AvgIpc) is 2.48. The Labute approximate surface area is 137 Å². The molecule has 3 N–H and O–H groups in total. The fraction of sp³-hybridized carbons (Fsp3) is 0.467. The van der Waals surface area contributed by atoms with Crippen molar-refractivity contribution < 1.29 is 22.4 Å². The first kappa shape index (κ1) is 19.7. The van der Waals surface area contributed by atoms with Crippen LogP contribution in [0, 0.1) is 5.82 Å². The normalized spacial score (nSPS) is 12.0. The molecule has 0 saturated heterocycles. The number of amides is 1. The number of carbonyl (C=O) groups is 1. The minimum Gasteiger partial charge on any atom is -0.356 e. The summed E-state index contributed by atoms with van der Waals surface area (Å²) in [4.78, 5) is 15.5. The van der Waals surface area contributed by atoms with E-state index in [0.29, 0.717) is 12.1 Å². The standard InChI is InChI=1S/C15H20F4N4O/c1-20-14(22-6-5-15(17,18)19)23-8-7-21-13(24)10-11-3-2-4-12(16)9-11/h2-4,9H,5-8,10H2,1H3,(H,21,24)(H2,20,22,23). The number of benzene rings is 1. The van der Waals surface area contributed by atoms with Crippen LogP contribution in [0.5, 0.6) is 0 Å². The molecule has 0 aliphatic carbocycles. The van der Waals surface area contributed by atoms with Crippen molar-refractivity contribution in [3.05, 3.63) is 35.6 Å². The zero-order valence-corrected chi connectivity index (χ0v) is 13.2. The maximum absolute atomic E-state index is 13.0. The van der Waals surface area contributed by atoms with Gasteiger partial charge in [0.25, 0.3) is 0 Å². The first-order chi connectivity index (χ1) is 11.3. The van der Waals surface area contributed by atoms with E-state index >= 15 is 0 Å². The minimum absolute atomic E-state index is 0.0519. The van der Waals surface area contributed by atoms with Gasteiger partial charge in [-0.05, 0) is 17.7 Å². The number of halogens is 4. The van der Waals surface area contributed by atoms with E-state index in [1.807, 2.05) is 0 Å². The molecule has 134 valence electrons. The number of hydrogen-bond acceptors (Lipinski definition) is 2. The summed E-state index contributed by atoms with van der Waals surface area (Å²) in [6.07, 6.45) is -5.13. The third-order valence-electron chi connectivity index (χ3n) is 2.92. The van der Waals surface area contributed by atoms with E-state index in [1.165, 1.54) is 25.2 Å². The maximum Gasteiger partial charge on any atom is 0.390 e. The first-order valence-electron chi connectivity index (χ1n) is 7.32. The smallest absolute Gasteiger partial charge is 0.356 e. The molecule has 9 heteroatoms. The molecular weight excluding hydrogens is 328 g/mol. The highest BCUT2D eigenvalue weighted by atomic mass is 19.4. The summed E-state index contributed by atoms with van der Waals surface area (Å²) in [7, 11) is 1.44. The van der Waals surface area contributed by atoms with Gasteiger partial charge in [0.2, 0.25) is 5.91 Å². The Bertz CT molecular complexity index is 561. The minimum atomic E-state index is -4.23. The van der Waals surface area contributed by atoms with Gasteiger partial charge in [-0.25, -0.2) is 4.39 Å². The maximum atomic E-state index is 13.0. The molecule has 24 heavy (non-hydrogen) atoms. The Morgan fingerprint density at radius 1 is 1.12 bits per heavy atom. The molecule has 0 aromatic heterocycles. The summed E-state index contributed by atoms with van der Waals surface area (Å²) >= 11 is 0. The zero-order valence-electron chi connectivity index (χ0n) is 13.2. The van der Waals surface area contributed by atoms with Gasteiger partial charge < -0.3 is 16.0 Å². The van der Waals surface area contributed by atoms with Crippen LogP contribution in [0.4, 0.5) is 17.6 Å². The number of hydrogen-bond donors (Lipinski definition) is 3. The molecule has 0 aliphatic rings. The SMILES string of the molecule is CN=C(NCCNC(=O)Cc1cccc(F)c1)NCCC(F)(F)F.